The molecule has 0 atom stereocenters. The van der Waals surface area contributed by atoms with Crippen molar-refractivity contribution in [3.05, 3.63) is 58.7 Å². The van der Waals surface area contributed by atoms with Crippen LogP contribution in [-0.2, 0) is 4.79 Å². The first-order valence-corrected chi connectivity index (χ1v) is 11.7. The van der Waals surface area contributed by atoms with Crippen LogP contribution in [0.15, 0.2) is 41.6 Å². The number of anilines is 2. The quantitative estimate of drug-likeness (QED) is 0.562. The molecule has 31 heavy (non-hydrogen) atoms. The van der Waals surface area contributed by atoms with Gasteiger partial charge in [0.25, 0.3) is 0 Å². The van der Waals surface area contributed by atoms with E-state index in [9.17, 15) is 4.79 Å². The molecule has 2 aromatic carbocycles. The molecular formula is C24H29N5OS. The van der Waals surface area contributed by atoms with Crippen LogP contribution in [0.25, 0.3) is 5.69 Å². The largest absolute Gasteiger partial charge is 0.341 e. The second kappa shape index (κ2) is 9.14. The van der Waals surface area contributed by atoms with Crippen LogP contribution in [0, 0.1) is 27.7 Å². The minimum absolute atomic E-state index is 0.0405. The van der Waals surface area contributed by atoms with Gasteiger partial charge in [0.2, 0.25) is 11.9 Å². The van der Waals surface area contributed by atoms with Crippen LogP contribution in [0.5, 0.6) is 0 Å². The lowest BCUT2D eigenvalue weighted by Crippen LogP contribution is -2.22. The standard InChI is InChI=1S/C24H29N5OS/c1-16-7-9-20(10-8-16)29-23(28-11-5-6-12-28)26-27-24(29)31-15-21(30)25-22-18(3)13-17(2)14-19(22)4/h7-10,13-14H,5-6,11-12,15H2,1-4H3,(H,25,30). The molecule has 7 heteroatoms. The van der Waals surface area contributed by atoms with E-state index in [2.05, 4.69) is 75.2 Å². The number of hydrogen-bond acceptors (Lipinski definition) is 5. The third-order valence-corrected chi connectivity index (χ3v) is 6.50. The molecule has 0 spiro atoms. The van der Waals surface area contributed by atoms with Crippen LogP contribution in [-0.4, -0.2) is 39.5 Å². The molecule has 0 aliphatic carbocycles. The van der Waals surface area contributed by atoms with Gasteiger partial charge in [0, 0.05) is 18.8 Å². The van der Waals surface area contributed by atoms with Crippen LogP contribution in [0.1, 0.15) is 35.1 Å². The lowest BCUT2D eigenvalue weighted by Gasteiger charge is -2.18. The van der Waals surface area contributed by atoms with E-state index in [1.54, 1.807) is 0 Å². The molecule has 0 unspecified atom stereocenters. The Morgan fingerprint density at radius 1 is 0.968 bits per heavy atom. The third kappa shape index (κ3) is 4.77. The highest BCUT2D eigenvalue weighted by atomic mass is 32.2. The third-order valence-electron chi connectivity index (χ3n) is 5.57. The molecule has 1 N–H and O–H groups in total. The van der Waals surface area contributed by atoms with E-state index in [1.165, 1.54) is 35.7 Å². The smallest absolute Gasteiger partial charge is 0.234 e. The van der Waals surface area contributed by atoms with Gasteiger partial charge in [-0.15, -0.1) is 10.2 Å². The first kappa shape index (κ1) is 21.4. The Labute approximate surface area is 188 Å². The van der Waals surface area contributed by atoms with E-state index < -0.39 is 0 Å². The Bertz CT molecular complexity index is 1060. The minimum atomic E-state index is -0.0405. The number of rotatable bonds is 6. The lowest BCUT2D eigenvalue weighted by molar-refractivity contribution is -0.113. The molecule has 0 radical (unpaired) electrons. The first-order valence-electron chi connectivity index (χ1n) is 10.7. The molecule has 6 nitrogen and oxygen atoms in total. The molecule has 1 saturated heterocycles. The average Bonchev–Trinajstić information content (AvgIpc) is 3.39. The second-order valence-electron chi connectivity index (χ2n) is 8.26. The van der Waals surface area contributed by atoms with Crippen molar-refractivity contribution in [2.45, 2.75) is 45.7 Å². The topological polar surface area (TPSA) is 63.1 Å². The van der Waals surface area contributed by atoms with Crippen molar-refractivity contribution in [1.82, 2.24) is 14.8 Å². The van der Waals surface area contributed by atoms with Crippen molar-refractivity contribution in [2.24, 2.45) is 0 Å². The molecule has 4 rings (SSSR count). The van der Waals surface area contributed by atoms with Crippen molar-refractivity contribution in [1.29, 1.82) is 0 Å². The molecule has 1 aromatic heterocycles. The van der Waals surface area contributed by atoms with Gasteiger partial charge in [0.1, 0.15) is 0 Å². The van der Waals surface area contributed by atoms with Crippen LogP contribution < -0.4 is 10.2 Å². The molecule has 3 aromatic rings. The summed E-state index contributed by atoms with van der Waals surface area (Å²) in [6, 6.07) is 12.5. The van der Waals surface area contributed by atoms with E-state index in [0.29, 0.717) is 0 Å². The van der Waals surface area contributed by atoms with E-state index in [4.69, 9.17) is 0 Å². The van der Waals surface area contributed by atoms with E-state index in [0.717, 1.165) is 46.7 Å². The molecule has 1 aliphatic rings. The molecule has 1 aliphatic heterocycles. The van der Waals surface area contributed by atoms with Gasteiger partial charge in [0.05, 0.1) is 11.4 Å². The summed E-state index contributed by atoms with van der Waals surface area (Å²) in [4.78, 5) is 15.0. The van der Waals surface area contributed by atoms with E-state index in [-0.39, 0.29) is 11.7 Å². The Hall–Kier alpha value is -2.80. The molecule has 162 valence electrons. The first-order chi connectivity index (χ1) is 14.9. The van der Waals surface area contributed by atoms with E-state index in [1.807, 2.05) is 13.8 Å². The predicted octanol–water partition coefficient (Wildman–Crippen LogP) is 4.83. The summed E-state index contributed by atoms with van der Waals surface area (Å²) in [6.45, 7) is 10.2. The summed E-state index contributed by atoms with van der Waals surface area (Å²) >= 11 is 1.42. The van der Waals surface area contributed by atoms with Crippen molar-refractivity contribution in [2.75, 3.05) is 29.1 Å². The number of nitrogens with one attached hydrogen (secondary N) is 1. The number of aryl methyl sites for hydroxylation is 4. The van der Waals surface area contributed by atoms with Gasteiger partial charge >= 0.3 is 0 Å². The highest BCUT2D eigenvalue weighted by Gasteiger charge is 2.23. The highest BCUT2D eigenvalue weighted by Crippen LogP contribution is 2.29. The zero-order valence-corrected chi connectivity index (χ0v) is 19.4. The number of thioether (sulfide) groups is 1. The van der Waals surface area contributed by atoms with Crippen LogP contribution in [0.4, 0.5) is 11.6 Å². The molecule has 1 amide bonds. The molecular weight excluding hydrogens is 406 g/mol. The molecule has 0 saturated carbocycles. The number of benzene rings is 2. The summed E-state index contributed by atoms with van der Waals surface area (Å²) in [5.74, 6) is 1.09. The normalized spacial score (nSPS) is 13.6. The monoisotopic (exact) mass is 435 g/mol. The Kier molecular flexibility index (Phi) is 6.32. The Balaban J connectivity index is 1.54. The van der Waals surface area contributed by atoms with E-state index >= 15 is 0 Å². The van der Waals surface area contributed by atoms with Crippen molar-refractivity contribution < 1.29 is 4.79 Å². The Morgan fingerprint density at radius 3 is 2.26 bits per heavy atom. The average molecular weight is 436 g/mol. The summed E-state index contributed by atoms with van der Waals surface area (Å²) in [6.07, 6.45) is 2.34. The van der Waals surface area contributed by atoms with Crippen molar-refractivity contribution >= 4 is 29.3 Å². The number of hydrogen-bond donors (Lipinski definition) is 1. The number of carbonyl (C=O) groups excluding carboxylic acids is 1. The van der Waals surface area contributed by atoms with Gasteiger partial charge in [-0.25, -0.2) is 0 Å². The van der Waals surface area contributed by atoms with Gasteiger partial charge in [0.15, 0.2) is 5.16 Å². The van der Waals surface area contributed by atoms with Gasteiger partial charge in [-0.1, -0.05) is 47.2 Å². The maximum Gasteiger partial charge on any atom is 0.234 e. The molecule has 1 fully saturated rings. The SMILES string of the molecule is Cc1ccc(-n2c(SCC(=O)Nc3c(C)cc(C)cc3C)nnc2N2CCCC2)cc1. The molecule has 2 heterocycles. The lowest BCUT2D eigenvalue weighted by atomic mass is 10.1. The zero-order valence-electron chi connectivity index (χ0n) is 18.6. The summed E-state index contributed by atoms with van der Waals surface area (Å²) in [5.41, 5.74) is 6.48. The Morgan fingerprint density at radius 2 is 1.61 bits per heavy atom. The highest BCUT2D eigenvalue weighted by molar-refractivity contribution is 7.99. The predicted molar refractivity (Wildman–Crippen MR) is 128 cm³/mol. The summed E-state index contributed by atoms with van der Waals surface area (Å²) < 4.78 is 2.07. The van der Waals surface area contributed by atoms with Gasteiger partial charge in [-0.05, 0) is 63.8 Å². The summed E-state index contributed by atoms with van der Waals surface area (Å²) in [7, 11) is 0. The van der Waals surface area contributed by atoms with Crippen molar-refractivity contribution in [3.8, 4) is 5.69 Å². The maximum absolute atomic E-state index is 12.7. The number of amides is 1. The second-order valence-corrected chi connectivity index (χ2v) is 9.20. The molecule has 0 bridgehead atoms. The van der Waals surface area contributed by atoms with Crippen molar-refractivity contribution in [3.63, 3.8) is 0 Å². The minimum Gasteiger partial charge on any atom is -0.341 e. The number of aromatic nitrogens is 3. The van der Waals surface area contributed by atoms with Crippen LogP contribution in [0.3, 0.4) is 0 Å². The maximum atomic E-state index is 12.7. The summed E-state index contributed by atoms with van der Waals surface area (Å²) in [5, 5.41) is 12.7. The zero-order chi connectivity index (χ0) is 22.0. The fraction of sp³-hybridized carbons (Fsp3) is 0.375. The fourth-order valence-electron chi connectivity index (χ4n) is 4.08. The van der Waals surface area contributed by atoms with Gasteiger partial charge in [-0.2, -0.15) is 0 Å². The number of nitrogens with zero attached hydrogens (tertiary/aromatic N) is 4. The van der Waals surface area contributed by atoms with Gasteiger partial charge in [-0.3, -0.25) is 9.36 Å². The van der Waals surface area contributed by atoms with Gasteiger partial charge < -0.3 is 10.2 Å². The fourth-order valence-corrected chi connectivity index (χ4v) is 4.83. The van der Waals surface area contributed by atoms with Crippen LogP contribution in [0.2, 0.25) is 0 Å². The van der Waals surface area contributed by atoms with Crippen LogP contribution >= 0.6 is 11.8 Å². The number of carbonyl (C=O) groups is 1.